The van der Waals surface area contributed by atoms with Crippen LogP contribution in [0.4, 0.5) is 0 Å². The maximum atomic E-state index is 11.0. The summed E-state index contributed by atoms with van der Waals surface area (Å²) in [4.78, 5) is 11.0. The van der Waals surface area contributed by atoms with E-state index in [1.54, 1.807) is 6.92 Å². The third kappa shape index (κ3) is 5.84. The average Bonchev–Trinajstić information content (AvgIpc) is 2.11. The van der Waals surface area contributed by atoms with Crippen molar-refractivity contribution in [2.24, 2.45) is 0 Å². The van der Waals surface area contributed by atoms with Gasteiger partial charge in [-0.1, -0.05) is 32.4 Å². The molecule has 0 aromatic rings. The molecule has 0 aliphatic carbocycles. The molecule has 0 fully saturated rings. The first-order valence-electron chi connectivity index (χ1n) is 5.95. The van der Waals surface area contributed by atoms with Crippen molar-refractivity contribution in [3.05, 3.63) is 10.6 Å². The van der Waals surface area contributed by atoms with Gasteiger partial charge in [0.25, 0.3) is 0 Å². The Morgan fingerprint density at radius 3 is 2.06 bits per heavy atom. The number of hydrogen-bond acceptors (Lipinski definition) is 2. The molecule has 0 saturated carbocycles. The molecule has 0 radical (unpaired) electrons. The molecule has 100 valence electrons. The fourth-order valence-electron chi connectivity index (χ4n) is 1.05. The van der Waals surface area contributed by atoms with Gasteiger partial charge in [0.05, 0.1) is 6.61 Å². The molecule has 0 spiro atoms. The van der Waals surface area contributed by atoms with E-state index in [2.05, 4.69) is 33.9 Å². The molecule has 0 atom stereocenters. The van der Waals surface area contributed by atoms with Gasteiger partial charge in [-0.15, -0.1) is 0 Å². The average molecular weight is 277 g/mol. The van der Waals surface area contributed by atoms with Gasteiger partial charge >= 0.3 is 0 Å². The predicted octanol–water partition coefficient (Wildman–Crippen LogP) is 4.50. The maximum absolute atomic E-state index is 11.0. The Hall–Kier alpha value is -0.123. The van der Waals surface area contributed by atoms with E-state index in [0.717, 1.165) is 5.57 Å². The maximum Gasteiger partial charge on any atom is 0.192 e. The van der Waals surface area contributed by atoms with E-state index in [1.807, 2.05) is 6.92 Å². The van der Waals surface area contributed by atoms with Crippen molar-refractivity contribution in [1.82, 2.24) is 0 Å². The zero-order chi connectivity index (χ0) is 13.9. The summed E-state index contributed by atoms with van der Waals surface area (Å²) in [5.74, 6) is 0.132. The van der Waals surface area contributed by atoms with Crippen LogP contribution in [0.3, 0.4) is 0 Å². The van der Waals surface area contributed by atoms with Gasteiger partial charge in [-0.25, -0.2) is 0 Å². The van der Waals surface area contributed by atoms with Gasteiger partial charge in [-0.3, -0.25) is 4.79 Å². The van der Waals surface area contributed by atoms with Crippen LogP contribution in [0.2, 0.25) is 18.1 Å². The largest absolute Gasteiger partial charge is 0.412 e. The molecule has 0 aliphatic heterocycles. The van der Waals surface area contributed by atoms with Crippen LogP contribution in [0.5, 0.6) is 0 Å². The quantitative estimate of drug-likeness (QED) is 0.691. The molecule has 0 aliphatic rings. The summed E-state index contributed by atoms with van der Waals surface area (Å²) >= 11 is 6.16. The molecule has 0 unspecified atom stereocenters. The van der Waals surface area contributed by atoms with Crippen molar-refractivity contribution in [3.8, 4) is 0 Å². The topological polar surface area (TPSA) is 26.3 Å². The highest BCUT2D eigenvalue weighted by Crippen LogP contribution is 2.37. The minimum atomic E-state index is -1.76. The van der Waals surface area contributed by atoms with E-state index >= 15 is 0 Å². The lowest BCUT2D eigenvalue weighted by Crippen LogP contribution is -2.41. The van der Waals surface area contributed by atoms with Crippen LogP contribution in [0, 0.1) is 0 Å². The van der Waals surface area contributed by atoms with E-state index in [9.17, 15) is 4.79 Å². The lowest BCUT2D eigenvalue weighted by molar-refractivity contribution is -0.116. The second-order valence-electron chi connectivity index (χ2n) is 6.11. The predicted molar refractivity (Wildman–Crippen MR) is 77.0 cm³/mol. The number of hydrogen-bond donors (Lipinski definition) is 0. The van der Waals surface area contributed by atoms with Gasteiger partial charge in [0.1, 0.15) is 5.78 Å². The standard InChI is InChI=1S/C13H25ClO2Si/c1-10(8-11(2)15)12(14)9-16-17(6,7)13(3,4)5/h8-9H2,1-7H3/b12-10-. The van der Waals surface area contributed by atoms with Gasteiger partial charge in [0.2, 0.25) is 0 Å². The third-order valence-corrected chi connectivity index (χ3v) is 8.25. The third-order valence-electron chi connectivity index (χ3n) is 3.34. The first-order valence-corrected chi connectivity index (χ1v) is 9.23. The van der Waals surface area contributed by atoms with E-state index in [4.69, 9.17) is 16.0 Å². The molecule has 0 aromatic carbocycles. The van der Waals surface area contributed by atoms with Crippen LogP contribution in [0.1, 0.15) is 41.0 Å². The molecule has 4 heteroatoms. The highest BCUT2D eigenvalue weighted by atomic mass is 35.5. The SMILES string of the molecule is CC(=O)C/C(C)=C(\Cl)CO[Si](C)(C)C(C)(C)C. The molecule has 0 amide bonds. The molecule has 0 saturated heterocycles. The molecular formula is C13H25ClO2Si. The normalized spacial score (nSPS) is 14.6. The van der Waals surface area contributed by atoms with E-state index in [-0.39, 0.29) is 10.8 Å². The Morgan fingerprint density at radius 2 is 1.71 bits per heavy atom. The monoisotopic (exact) mass is 276 g/mol. The first kappa shape index (κ1) is 16.9. The lowest BCUT2D eigenvalue weighted by atomic mass is 10.1. The Morgan fingerprint density at radius 1 is 1.24 bits per heavy atom. The van der Waals surface area contributed by atoms with Crippen LogP contribution in [-0.4, -0.2) is 20.7 Å². The van der Waals surface area contributed by atoms with Crippen molar-refractivity contribution in [3.63, 3.8) is 0 Å². The summed E-state index contributed by atoms with van der Waals surface area (Å²) in [5.41, 5.74) is 0.915. The summed E-state index contributed by atoms with van der Waals surface area (Å²) in [6, 6.07) is 0. The second kappa shape index (κ2) is 6.16. The van der Waals surface area contributed by atoms with Crippen LogP contribution in [-0.2, 0) is 9.22 Å². The number of ketones is 1. The Labute approximate surface area is 112 Å². The minimum absolute atomic E-state index is 0.132. The van der Waals surface area contributed by atoms with Crippen molar-refractivity contribution in [2.75, 3.05) is 6.61 Å². The van der Waals surface area contributed by atoms with Crippen molar-refractivity contribution < 1.29 is 9.22 Å². The van der Waals surface area contributed by atoms with Gasteiger partial charge in [0, 0.05) is 11.5 Å². The highest BCUT2D eigenvalue weighted by Gasteiger charge is 2.37. The number of Topliss-reactive ketones (excluding diaryl/α,β-unsaturated/α-hetero) is 1. The first-order chi connectivity index (χ1) is 7.47. The Kier molecular flexibility index (Phi) is 6.12. The van der Waals surface area contributed by atoms with E-state index < -0.39 is 8.32 Å². The summed E-state index contributed by atoms with van der Waals surface area (Å²) in [7, 11) is -1.76. The Balaban J connectivity index is 4.53. The number of rotatable bonds is 5. The van der Waals surface area contributed by atoms with Crippen LogP contribution >= 0.6 is 11.6 Å². The summed E-state index contributed by atoms with van der Waals surface area (Å²) in [6.07, 6.45) is 0.416. The molecule has 0 N–H and O–H groups in total. The van der Waals surface area contributed by atoms with Gasteiger partial charge < -0.3 is 4.43 Å². The van der Waals surface area contributed by atoms with E-state index in [0.29, 0.717) is 18.1 Å². The Bertz CT molecular complexity index is 314. The number of halogens is 1. The number of allylic oxidation sites excluding steroid dienone is 1. The number of carbonyl (C=O) groups excluding carboxylic acids is 1. The van der Waals surface area contributed by atoms with Crippen molar-refractivity contribution in [2.45, 2.75) is 59.2 Å². The number of carbonyl (C=O) groups is 1. The zero-order valence-corrected chi connectivity index (χ0v) is 13.9. The summed E-state index contributed by atoms with van der Waals surface area (Å²) in [6.45, 7) is 14.9. The minimum Gasteiger partial charge on any atom is -0.412 e. The molecule has 0 bridgehead atoms. The zero-order valence-electron chi connectivity index (χ0n) is 12.1. The van der Waals surface area contributed by atoms with Crippen LogP contribution < -0.4 is 0 Å². The van der Waals surface area contributed by atoms with Gasteiger partial charge in [-0.2, -0.15) is 0 Å². The fraction of sp³-hybridized carbons (Fsp3) is 0.769. The molecule has 0 heterocycles. The smallest absolute Gasteiger partial charge is 0.192 e. The van der Waals surface area contributed by atoms with Crippen LogP contribution in [0.15, 0.2) is 10.6 Å². The summed E-state index contributed by atoms with van der Waals surface area (Å²) < 4.78 is 6.00. The lowest BCUT2D eigenvalue weighted by Gasteiger charge is -2.36. The van der Waals surface area contributed by atoms with Crippen LogP contribution in [0.25, 0.3) is 0 Å². The van der Waals surface area contributed by atoms with Gasteiger partial charge in [-0.05, 0) is 37.6 Å². The molecule has 0 aromatic heterocycles. The summed E-state index contributed by atoms with van der Waals surface area (Å²) in [5, 5.41) is 0.851. The molecule has 0 rings (SSSR count). The second-order valence-corrected chi connectivity index (χ2v) is 11.4. The molecule has 2 nitrogen and oxygen atoms in total. The highest BCUT2D eigenvalue weighted by molar-refractivity contribution is 6.74. The fourth-order valence-corrected chi connectivity index (χ4v) is 2.20. The molecular weight excluding hydrogens is 252 g/mol. The van der Waals surface area contributed by atoms with Crippen molar-refractivity contribution in [1.29, 1.82) is 0 Å². The molecule has 17 heavy (non-hydrogen) atoms. The van der Waals surface area contributed by atoms with E-state index in [1.165, 1.54) is 0 Å². The van der Waals surface area contributed by atoms with Gasteiger partial charge in [0.15, 0.2) is 8.32 Å². The van der Waals surface area contributed by atoms with Crippen molar-refractivity contribution >= 4 is 25.7 Å².